The van der Waals surface area contributed by atoms with Gasteiger partial charge in [0.15, 0.2) is 11.2 Å². The summed E-state index contributed by atoms with van der Waals surface area (Å²) < 4.78 is 5.34. The summed E-state index contributed by atoms with van der Waals surface area (Å²) in [5, 5.41) is 23.8. The van der Waals surface area contributed by atoms with Gasteiger partial charge >= 0.3 is 5.97 Å². The van der Waals surface area contributed by atoms with Crippen molar-refractivity contribution in [2.24, 2.45) is 11.3 Å². The van der Waals surface area contributed by atoms with Gasteiger partial charge in [0, 0.05) is 17.4 Å². The lowest BCUT2D eigenvalue weighted by molar-refractivity contribution is -0.162. The molecule has 0 bridgehead atoms. The van der Waals surface area contributed by atoms with Crippen LogP contribution < -0.4 is 0 Å². The first-order valence-electron chi connectivity index (χ1n) is 12.9. The van der Waals surface area contributed by atoms with Gasteiger partial charge in [-0.25, -0.2) is 0 Å². The standard InChI is InChI=1S/C34H29NO4/c1-39-32(37)33(23-35)28(24-14-6-2-7-15-24)22-34(38,27-20-12-5-13-21-27)30(29(33)25-16-8-3-9-17-25)31(36)26-18-10-4-11-19-26/h2-21,28-30,38H,22H2,1H3/t28-,29-,30-,33+,34-/m0/s1. The zero-order valence-electron chi connectivity index (χ0n) is 21.6. The Morgan fingerprint density at radius 3 is 1.79 bits per heavy atom. The molecule has 5 nitrogen and oxygen atoms in total. The number of hydrogen-bond acceptors (Lipinski definition) is 5. The third-order valence-corrected chi connectivity index (χ3v) is 8.09. The Morgan fingerprint density at radius 2 is 1.28 bits per heavy atom. The minimum absolute atomic E-state index is 0.0315. The van der Waals surface area contributed by atoms with Crippen molar-refractivity contribution in [2.45, 2.75) is 23.9 Å². The van der Waals surface area contributed by atoms with Gasteiger partial charge in [0.25, 0.3) is 0 Å². The molecule has 1 aliphatic rings. The van der Waals surface area contributed by atoms with Gasteiger partial charge in [-0.05, 0) is 23.1 Å². The Kier molecular flexibility index (Phi) is 7.15. The summed E-state index contributed by atoms with van der Waals surface area (Å²) in [7, 11) is 1.26. The van der Waals surface area contributed by atoms with E-state index in [1.807, 2.05) is 84.9 Å². The molecule has 39 heavy (non-hydrogen) atoms. The van der Waals surface area contributed by atoms with Crippen molar-refractivity contribution in [1.82, 2.24) is 0 Å². The lowest BCUT2D eigenvalue weighted by Crippen LogP contribution is -2.58. The van der Waals surface area contributed by atoms with E-state index in [2.05, 4.69) is 6.07 Å². The molecule has 194 valence electrons. The third kappa shape index (κ3) is 4.33. The van der Waals surface area contributed by atoms with Crippen molar-refractivity contribution in [1.29, 1.82) is 5.26 Å². The van der Waals surface area contributed by atoms with Crippen LogP contribution in [0.15, 0.2) is 121 Å². The van der Waals surface area contributed by atoms with Crippen LogP contribution in [0.3, 0.4) is 0 Å². The van der Waals surface area contributed by atoms with Crippen molar-refractivity contribution in [3.63, 3.8) is 0 Å². The number of nitriles is 1. The van der Waals surface area contributed by atoms with Gasteiger partial charge < -0.3 is 9.84 Å². The van der Waals surface area contributed by atoms with Crippen molar-refractivity contribution in [2.75, 3.05) is 7.11 Å². The summed E-state index contributed by atoms with van der Waals surface area (Å²) in [5.74, 6) is -4.03. The van der Waals surface area contributed by atoms with E-state index in [9.17, 15) is 20.0 Å². The molecule has 0 radical (unpaired) electrons. The van der Waals surface area contributed by atoms with Crippen LogP contribution in [0.25, 0.3) is 0 Å². The molecule has 0 spiro atoms. The van der Waals surface area contributed by atoms with Gasteiger partial charge in [0.1, 0.15) is 5.60 Å². The molecule has 5 rings (SSSR count). The quantitative estimate of drug-likeness (QED) is 0.250. The number of carbonyl (C=O) groups excluding carboxylic acids is 2. The number of ketones is 1. The first-order valence-corrected chi connectivity index (χ1v) is 12.9. The number of esters is 1. The van der Waals surface area contributed by atoms with Crippen LogP contribution in [0.1, 0.15) is 45.3 Å². The van der Waals surface area contributed by atoms with Gasteiger partial charge in [0.2, 0.25) is 0 Å². The smallest absolute Gasteiger partial charge is 0.327 e. The van der Waals surface area contributed by atoms with E-state index in [0.29, 0.717) is 22.3 Å². The largest absolute Gasteiger partial charge is 0.468 e. The third-order valence-electron chi connectivity index (χ3n) is 8.09. The predicted octanol–water partition coefficient (Wildman–Crippen LogP) is 6.03. The summed E-state index contributed by atoms with van der Waals surface area (Å²) in [6.07, 6.45) is -0.0315. The van der Waals surface area contributed by atoms with E-state index in [1.165, 1.54) is 7.11 Å². The molecule has 0 heterocycles. The summed E-state index contributed by atoms with van der Waals surface area (Å²) >= 11 is 0. The van der Waals surface area contributed by atoms with Crippen LogP contribution in [0.5, 0.6) is 0 Å². The Balaban J connectivity index is 1.88. The number of rotatable bonds is 6. The van der Waals surface area contributed by atoms with Crippen LogP contribution >= 0.6 is 0 Å². The minimum Gasteiger partial charge on any atom is -0.468 e. The second kappa shape index (κ2) is 10.7. The maximum absolute atomic E-state index is 14.5. The van der Waals surface area contributed by atoms with Crippen LogP contribution in [0, 0.1) is 22.7 Å². The average Bonchev–Trinajstić information content (AvgIpc) is 3.01. The number of ether oxygens (including phenoxy) is 1. The SMILES string of the molecule is COC(=O)[C@]1(C#N)[C@H](c2ccccc2)C[C@](O)(c2ccccc2)[C@H](C(=O)c2ccccc2)[C@@H]1c1ccccc1. The zero-order chi connectivity index (χ0) is 27.5. The van der Waals surface area contributed by atoms with Crippen molar-refractivity contribution >= 4 is 11.8 Å². The Bertz CT molecular complexity index is 1480. The molecule has 5 heteroatoms. The fraction of sp³-hybridized carbons (Fsp3) is 0.206. The molecule has 0 amide bonds. The second-order valence-corrected chi connectivity index (χ2v) is 10.0. The summed E-state index contributed by atoms with van der Waals surface area (Å²) in [4.78, 5) is 28.4. The monoisotopic (exact) mass is 515 g/mol. The number of nitrogens with zero attached hydrogens (tertiary/aromatic N) is 1. The molecule has 1 fully saturated rings. The number of aliphatic hydroxyl groups is 1. The van der Waals surface area contributed by atoms with E-state index in [1.54, 1.807) is 36.4 Å². The molecule has 4 aromatic carbocycles. The van der Waals surface area contributed by atoms with Gasteiger partial charge in [-0.3, -0.25) is 9.59 Å². The normalized spacial score (nSPS) is 26.2. The molecule has 1 N–H and O–H groups in total. The molecule has 0 aliphatic heterocycles. The number of Topliss-reactive ketones (excluding diaryl/α,β-unsaturated/α-hetero) is 1. The summed E-state index contributed by atoms with van der Waals surface area (Å²) in [5.41, 5.74) is -1.23. The minimum atomic E-state index is -1.80. The maximum Gasteiger partial charge on any atom is 0.327 e. The van der Waals surface area contributed by atoms with Crippen LogP contribution in [-0.2, 0) is 15.1 Å². The van der Waals surface area contributed by atoms with E-state index < -0.39 is 34.7 Å². The first kappa shape index (κ1) is 26.1. The number of carbonyl (C=O) groups is 2. The zero-order valence-corrected chi connectivity index (χ0v) is 21.6. The van der Waals surface area contributed by atoms with Crippen molar-refractivity contribution < 1.29 is 19.4 Å². The highest BCUT2D eigenvalue weighted by molar-refractivity contribution is 6.00. The number of methoxy groups -OCH3 is 1. The van der Waals surface area contributed by atoms with E-state index in [4.69, 9.17) is 4.74 Å². The first-order chi connectivity index (χ1) is 19.0. The molecule has 4 aromatic rings. The summed E-state index contributed by atoms with van der Waals surface area (Å²) in [6.45, 7) is 0. The molecule has 1 saturated carbocycles. The highest BCUT2D eigenvalue weighted by atomic mass is 16.5. The van der Waals surface area contributed by atoms with Gasteiger partial charge in [-0.2, -0.15) is 5.26 Å². The Labute approximate surface area is 228 Å². The van der Waals surface area contributed by atoms with E-state index in [0.717, 1.165) is 0 Å². The predicted molar refractivity (Wildman–Crippen MR) is 148 cm³/mol. The molecular formula is C34H29NO4. The van der Waals surface area contributed by atoms with Crippen LogP contribution in [0.4, 0.5) is 0 Å². The fourth-order valence-corrected chi connectivity index (χ4v) is 6.34. The maximum atomic E-state index is 14.5. The number of hydrogen-bond donors (Lipinski definition) is 1. The van der Waals surface area contributed by atoms with E-state index in [-0.39, 0.29) is 12.2 Å². The van der Waals surface area contributed by atoms with Crippen molar-refractivity contribution in [3.8, 4) is 6.07 Å². The van der Waals surface area contributed by atoms with Gasteiger partial charge in [0.05, 0.1) is 19.1 Å². The summed E-state index contributed by atoms with van der Waals surface area (Å²) in [6, 6.07) is 38.5. The molecule has 0 saturated heterocycles. The second-order valence-electron chi connectivity index (χ2n) is 10.0. The molecule has 0 unspecified atom stereocenters. The van der Waals surface area contributed by atoms with Gasteiger partial charge in [-0.15, -0.1) is 0 Å². The number of benzene rings is 4. The molecule has 0 aromatic heterocycles. The Hall–Kier alpha value is -4.53. The van der Waals surface area contributed by atoms with Crippen LogP contribution in [0.2, 0.25) is 0 Å². The topological polar surface area (TPSA) is 87.4 Å². The highest BCUT2D eigenvalue weighted by Gasteiger charge is 2.67. The Morgan fingerprint density at radius 1 is 0.795 bits per heavy atom. The molecule has 5 atom stereocenters. The van der Waals surface area contributed by atoms with Crippen molar-refractivity contribution in [3.05, 3.63) is 144 Å². The lowest BCUT2D eigenvalue weighted by Gasteiger charge is -2.54. The molecule has 1 aliphatic carbocycles. The average molecular weight is 516 g/mol. The fourth-order valence-electron chi connectivity index (χ4n) is 6.34. The van der Waals surface area contributed by atoms with Crippen LogP contribution in [-0.4, -0.2) is 24.0 Å². The highest BCUT2D eigenvalue weighted by Crippen LogP contribution is 2.63. The molecular weight excluding hydrogens is 486 g/mol. The van der Waals surface area contributed by atoms with E-state index >= 15 is 0 Å². The lowest BCUT2D eigenvalue weighted by atomic mass is 9.47. The van der Waals surface area contributed by atoms with Gasteiger partial charge in [-0.1, -0.05) is 121 Å².